The van der Waals surface area contributed by atoms with Crippen LogP contribution < -0.4 is 5.32 Å². The van der Waals surface area contributed by atoms with Gasteiger partial charge in [0.05, 0.1) is 0 Å². The summed E-state index contributed by atoms with van der Waals surface area (Å²) in [5.41, 5.74) is 1.86. The van der Waals surface area contributed by atoms with Crippen molar-refractivity contribution in [3.63, 3.8) is 0 Å². The van der Waals surface area contributed by atoms with E-state index in [2.05, 4.69) is 12.2 Å². The van der Waals surface area contributed by atoms with Gasteiger partial charge in [0.25, 0.3) is 0 Å². The average Bonchev–Trinajstić information content (AvgIpc) is 2.66. The summed E-state index contributed by atoms with van der Waals surface area (Å²) in [6, 6.07) is 6.91. The molecule has 1 amide bonds. The Morgan fingerprint density at radius 1 is 0.852 bits per heavy atom. The first-order chi connectivity index (χ1) is 13.1. The highest BCUT2D eigenvalue weighted by atomic mass is 16.3. The number of phenolic OH excluding ortho intramolecular Hbond substituents is 1. The van der Waals surface area contributed by atoms with Gasteiger partial charge in [0.1, 0.15) is 5.75 Å². The maximum absolute atomic E-state index is 12.0. The molecular formula is C24H39NO2. The summed E-state index contributed by atoms with van der Waals surface area (Å²) in [5.74, 6) is 0.201. The van der Waals surface area contributed by atoms with Gasteiger partial charge in [-0.15, -0.1) is 0 Å². The molecule has 0 aliphatic carbocycles. The summed E-state index contributed by atoms with van der Waals surface area (Å²) in [7, 11) is 0. The van der Waals surface area contributed by atoms with Crippen LogP contribution in [0.1, 0.15) is 96.5 Å². The zero-order valence-electron chi connectivity index (χ0n) is 17.4. The molecule has 1 aromatic carbocycles. The quantitative estimate of drug-likeness (QED) is 0.268. The molecule has 0 radical (unpaired) electrons. The summed E-state index contributed by atoms with van der Waals surface area (Å²) in [6.45, 7) is 4.92. The molecule has 0 aliphatic rings. The van der Waals surface area contributed by atoms with Crippen LogP contribution in [-0.2, 0) is 4.79 Å². The van der Waals surface area contributed by atoms with Crippen molar-refractivity contribution < 1.29 is 9.90 Å². The standard InChI is InChI=1S/C24H39NO2/c1-3-4-5-6-7-8-9-10-11-12-13-14-19-25-24(27)20-21(2)22-15-17-23(26)18-16-22/h15-18,20,26H,3-14,19H2,1-2H3,(H,25,27)/b21-20+. The van der Waals surface area contributed by atoms with Crippen molar-refractivity contribution in [2.24, 2.45) is 0 Å². The number of aromatic hydroxyl groups is 1. The molecule has 3 nitrogen and oxygen atoms in total. The number of hydrogen-bond acceptors (Lipinski definition) is 2. The molecule has 0 saturated heterocycles. The molecule has 1 rings (SSSR count). The summed E-state index contributed by atoms with van der Waals surface area (Å²) < 4.78 is 0. The Hall–Kier alpha value is -1.77. The molecule has 0 aromatic heterocycles. The van der Waals surface area contributed by atoms with E-state index in [1.807, 2.05) is 19.1 Å². The molecule has 2 N–H and O–H groups in total. The van der Waals surface area contributed by atoms with Gasteiger partial charge in [-0.05, 0) is 36.6 Å². The first kappa shape index (κ1) is 23.3. The molecule has 0 spiro atoms. The van der Waals surface area contributed by atoms with Crippen LogP contribution in [0.2, 0.25) is 0 Å². The Bertz CT molecular complexity index is 534. The lowest BCUT2D eigenvalue weighted by molar-refractivity contribution is -0.116. The van der Waals surface area contributed by atoms with Crippen molar-refractivity contribution in [3.05, 3.63) is 35.9 Å². The number of nitrogens with one attached hydrogen (secondary N) is 1. The van der Waals surface area contributed by atoms with E-state index in [1.54, 1.807) is 18.2 Å². The SMILES string of the molecule is CCCCCCCCCCCCCCNC(=O)/C=C(\C)c1ccc(O)cc1. The van der Waals surface area contributed by atoms with Gasteiger partial charge in [0, 0.05) is 12.6 Å². The van der Waals surface area contributed by atoms with E-state index in [4.69, 9.17) is 0 Å². The van der Waals surface area contributed by atoms with E-state index in [-0.39, 0.29) is 11.7 Å². The van der Waals surface area contributed by atoms with Crippen molar-refractivity contribution in [1.29, 1.82) is 0 Å². The minimum Gasteiger partial charge on any atom is -0.508 e. The van der Waals surface area contributed by atoms with Crippen molar-refractivity contribution >= 4 is 11.5 Å². The van der Waals surface area contributed by atoms with Crippen molar-refractivity contribution in [2.45, 2.75) is 90.9 Å². The molecule has 0 atom stereocenters. The molecule has 0 unspecified atom stereocenters. The number of carbonyl (C=O) groups excluding carboxylic acids is 1. The minimum atomic E-state index is -0.0383. The number of allylic oxidation sites excluding steroid dienone is 1. The summed E-state index contributed by atoms with van der Waals surface area (Å²) in [6.07, 6.45) is 17.5. The Balaban J connectivity index is 1.98. The highest BCUT2D eigenvalue weighted by molar-refractivity contribution is 5.94. The number of phenols is 1. The van der Waals surface area contributed by atoms with Crippen LogP contribution in [0.15, 0.2) is 30.3 Å². The number of carbonyl (C=O) groups is 1. The van der Waals surface area contributed by atoms with Crippen molar-refractivity contribution in [2.75, 3.05) is 6.54 Å². The van der Waals surface area contributed by atoms with Crippen LogP contribution in [0.4, 0.5) is 0 Å². The third-order valence-electron chi connectivity index (χ3n) is 5.00. The third-order valence-corrected chi connectivity index (χ3v) is 5.00. The molecule has 0 saturated carbocycles. The maximum atomic E-state index is 12.0. The van der Waals surface area contributed by atoms with E-state index < -0.39 is 0 Å². The largest absolute Gasteiger partial charge is 0.508 e. The van der Waals surface area contributed by atoms with Gasteiger partial charge < -0.3 is 10.4 Å². The van der Waals surface area contributed by atoms with Crippen molar-refractivity contribution in [3.8, 4) is 5.75 Å². The smallest absolute Gasteiger partial charge is 0.244 e. The molecule has 3 heteroatoms. The van der Waals surface area contributed by atoms with E-state index in [0.29, 0.717) is 0 Å². The van der Waals surface area contributed by atoms with Crippen molar-refractivity contribution in [1.82, 2.24) is 5.32 Å². The Kier molecular flexibility index (Phi) is 13.2. The van der Waals surface area contributed by atoms with Gasteiger partial charge >= 0.3 is 0 Å². The highest BCUT2D eigenvalue weighted by Gasteiger charge is 2.01. The van der Waals surface area contributed by atoms with Crippen LogP contribution >= 0.6 is 0 Å². The average molecular weight is 374 g/mol. The summed E-state index contributed by atoms with van der Waals surface area (Å²) in [4.78, 5) is 12.0. The maximum Gasteiger partial charge on any atom is 0.244 e. The predicted molar refractivity (Wildman–Crippen MR) is 116 cm³/mol. The first-order valence-corrected chi connectivity index (χ1v) is 10.9. The van der Waals surface area contributed by atoms with Crippen LogP contribution in [0.5, 0.6) is 5.75 Å². The van der Waals surface area contributed by atoms with Gasteiger partial charge in [-0.1, -0.05) is 89.7 Å². The van der Waals surface area contributed by atoms with Gasteiger partial charge in [-0.3, -0.25) is 4.79 Å². The van der Waals surface area contributed by atoms with Gasteiger partial charge in [-0.25, -0.2) is 0 Å². The Morgan fingerprint density at radius 2 is 1.33 bits per heavy atom. The summed E-state index contributed by atoms with van der Waals surface area (Å²) >= 11 is 0. The van der Waals surface area contributed by atoms with E-state index in [1.165, 1.54) is 70.6 Å². The fraction of sp³-hybridized carbons (Fsp3) is 0.625. The lowest BCUT2D eigenvalue weighted by Gasteiger charge is -2.05. The predicted octanol–water partition coefficient (Wildman–Crippen LogP) is 6.61. The van der Waals surface area contributed by atoms with Crippen LogP contribution in [0.3, 0.4) is 0 Å². The van der Waals surface area contributed by atoms with E-state index in [0.717, 1.165) is 24.1 Å². The lowest BCUT2D eigenvalue weighted by atomic mass is 10.1. The second-order valence-corrected chi connectivity index (χ2v) is 7.55. The normalized spacial score (nSPS) is 11.6. The zero-order chi connectivity index (χ0) is 19.7. The molecule has 0 fully saturated rings. The van der Waals surface area contributed by atoms with Gasteiger partial charge in [-0.2, -0.15) is 0 Å². The zero-order valence-corrected chi connectivity index (χ0v) is 17.4. The van der Waals surface area contributed by atoms with E-state index in [9.17, 15) is 9.90 Å². The monoisotopic (exact) mass is 373 g/mol. The molecule has 0 heterocycles. The van der Waals surface area contributed by atoms with Gasteiger partial charge in [0.2, 0.25) is 5.91 Å². The first-order valence-electron chi connectivity index (χ1n) is 10.9. The minimum absolute atomic E-state index is 0.0383. The second-order valence-electron chi connectivity index (χ2n) is 7.55. The molecule has 27 heavy (non-hydrogen) atoms. The number of rotatable bonds is 15. The van der Waals surface area contributed by atoms with E-state index >= 15 is 0 Å². The number of benzene rings is 1. The fourth-order valence-electron chi connectivity index (χ4n) is 3.23. The van der Waals surface area contributed by atoms with Gasteiger partial charge in [0.15, 0.2) is 0 Å². The molecule has 1 aromatic rings. The Labute approximate surface area is 166 Å². The molecule has 0 bridgehead atoms. The van der Waals surface area contributed by atoms with Crippen LogP contribution in [-0.4, -0.2) is 17.6 Å². The number of unbranched alkanes of at least 4 members (excludes halogenated alkanes) is 11. The molecule has 0 aliphatic heterocycles. The highest BCUT2D eigenvalue weighted by Crippen LogP contribution is 2.17. The lowest BCUT2D eigenvalue weighted by Crippen LogP contribution is -2.22. The summed E-state index contributed by atoms with van der Waals surface area (Å²) in [5, 5.41) is 12.3. The molecule has 152 valence electrons. The topological polar surface area (TPSA) is 49.3 Å². The van der Waals surface area contributed by atoms with Crippen LogP contribution in [0, 0.1) is 0 Å². The van der Waals surface area contributed by atoms with Crippen LogP contribution in [0.25, 0.3) is 5.57 Å². The molecular weight excluding hydrogens is 334 g/mol. The fourth-order valence-corrected chi connectivity index (χ4v) is 3.23. The Morgan fingerprint density at radius 3 is 1.85 bits per heavy atom. The third kappa shape index (κ3) is 12.3. The number of amides is 1. The number of hydrogen-bond donors (Lipinski definition) is 2. The second kappa shape index (κ2) is 15.3.